The van der Waals surface area contributed by atoms with Crippen molar-refractivity contribution in [2.24, 2.45) is 5.41 Å². The van der Waals surface area contributed by atoms with Gasteiger partial charge in [0, 0.05) is 5.41 Å². The van der Waals surface area contributed by atoms with E-state index in [4.69, 9.17) is 9.47 Å². The predicted molar refractivity (Wildman–Crippen MR) is 62.4 cm³/mol. The smallest absolute Gasteiger partial charge is 0.349 e. The fourth-order valence-electron chi connectivity index (χ4n) is 1.06. The number of carbonyl (C=O) groups is 2. The van der Waals surface area contributed by atoms with Crippen LogP contribution in [-0.2, 0) is 19.1 Å². The largest absolute Gasteiger partial charge is 0.511 e. The van der Waals surface area contributed by atoms with Crippen LogP contribution in [0.4, 0.5) is 0 Å². The molecule has 0 aromatic rings. The third kappa shape index (κ3) is 4.46. The second kappa shape index (κ2) is 6.27. The van der Waals surface area contributed by atoms with Gasteiger partial charge in [0.05, 0.1) is 13.2 Å². The zero-order valence-corrected chi connectivity index (χ0v) is 11.0. The minimum Gasteiger partial charge on any atom is -0.511 e. The highest BCUT2D eigenvalue weighted by Gasteiger charge is 2.31. The summed E-state index contributed by atoms with van der Waals surface area (Å²) in [5.41, 5.74) is -1.16. The van der Waals surface area contributed by atoms with Crippen molar-refractivity contribution in [3.63, 3.8) is 0 Å². The van der Waals surface area contributed by atoms with E-state index in [9.17, 15) is 14.7 Å². The number of hydrogen-bond acceptors (Lipinski definition) is 5. The van der Waals surface area contributed by atoms with E-state index < -0.39 is 22.9 Å². The highest BCUT2D eigenvalue weighted by atomic mass is 16.6. The first kappa shape index (κ1) is 15.5. The maximum Gasteiger partial charge on any atom is 0.349 e. The summed E-state index contributed by atoms with van der Waals surface area (Å²) >= 11 is 0. The molecule has 0 unspecified atom stereocenters. The van der Waals surface area contributed by atoms with Gasteiger partial charge in [0.2, 0.25) is 0 Å². The first-order valence-electron chi connectivity index (χ1n) is 5.53. The van der Waals surface area contributed by atoms with Crippen molar-refractivity contribution in [2.75, 3.05) is 13.2 Å². The maximum atomic E-state index is 11.6. The van der Waals surface area contributed by atoms with E-state index in [0.717, 1.165) is 0 Å². The Balaban J connectivity index is 5.39. The lowest BCUT2D eigenvalue weighted by Crippen LogP contribution is -2.25. The molecule has 0 saturated heterocycles. The lowest BCUT2D eigenvalue weighted by molar-refractivity contribution is -0.147. The van der Waals surface area contributed by atoms with Crippen LogP contribution in [0.25, 0.3) is 0 Å². The van der Waals surface area contributed by atoms with Gasteiger partial charge in [-0.3, -0.25) is 0 Å². The Morgan fingerprint density at radius 1 is 1.00 bits per heavy atom. The number of carbonyl (C=O) groups excluding carboxylic acids is 2. The third-order valence-corrected chi connectivity index (χ3v) is 1.91. The first-order chi connectivity index (χ1) is 7.75. The number of aliphatic hydroxyl groups excluding tert-OH is 1. The van der Waals surface area contributed by atoms with Crippen LogP contribution in [0, 0.1) is 5.41 Å². The number of ether oxygens (including phenoxy) is 2. The molecule has 0 radical (unpaired) electrons. The van der Waals surface area contributed by atoms with Crippen LogP contribution < -0.4 is 0 Å². The Bertz CT molecular complexity index is 302. The van der Waals surface area contributed by atoms with Gasteiger partial charge < -0.3 is 14.6 Å². The molecule has 0 aliphatic rings. The Morgan fingerprint density at radius 2 is 1.35 bits per heavy atom. The summed E-state index contributed by atoms with van der Waals surface area (Å²) in [5, 5.41) is 9.92. The molecular formula is C12H20O5. The molecule has 0 amide bonds. The molecule has 0 aliphatic carbocycles. The van der Waals surface area contributed by atoms with Gasteiger partial charge >= 0.3 is 11.9 Å². The molecule has 0 fully saturated rings. The molecule has 5 nitrogen and oxygen atoms in total. The molecule has 0 rings (SSSR count). The van der Waals surface area contributed by atoms with Crippen molar-refractivity contribution in [1.29, 1.82) is 0 Å². The molecule has 0 bridgehead atoms. The van der Waals surface area contributed by atoms with Crippen LogP contribution in [0.3, 0.4) is 0 Å². The van der Waals surface area contributed by atoms with Crippen molar-refractivity contribution in [3.8, 4) is 0 Å². The van der Waals surface area contributed by atoms with E-state index in [2.05, 4.69) is 0 Å². The van der Waals surface area contributed by atoms with Gasteiger partial charge in [0.1, 0.15) is 5.76 Å². The quantitative estimate of drug-likeness (QED) is 0.269. The highest BCUT2D eigenvalue weighted by molar-refractivity contribution is 6.14. The Hall–Kier alpha value is -1.52. The van der Waals surface area contributed by atoms with E-state index in [1.54, 1.807) is 34.6 Å². The van der Waals surface area contributed by atoms with Gasteiger partial charge in [0.25, 0.3) is 0 Å². The number of aliphatic hydroxyl groups is 1. The van der Waals surface area contributed by atoms with Gasteiger partial charge in [-0.25, -0.2) is 9.59 Å². The lowest BCUT2D eigenvalue weighted by atomic mass is 9.90. The average Bonchev–Trinajstić information content (AvgIpc) is 2.17. The van der Waals surface area contributed by atoms with Gasteiger partial charge in [-0.15, -0.1) is 0 Å². The molecule has 0 aromatic carbocycles. The van der Waals surface area contributed by atoms with E-state index in [-0.39, 0.29) is 19.0 Å². The van der Waals surface area contributed by atoms with Gasteiger partial charge in [-0.1, -0.05) is 20.8 Å². The van der Waals surface area contributed by atoms with Gasteiger partial charge in [-0.2, -0.15) is 0 Å². The molecule has 17 heavy (non-hydrogen) atoms. The monoisotopic (exact) mass is 244 g/mol. The van der Waals surface area contributed by atoms with Gasteiger partial charge in [0.15, 0.2) is 5.57 Å². The molecule has 0 heterocycles. The number of esters is 2. The van der Waals surface area contributed by atoms with Gasteiger partial charge in [-0.05, 0) is 13.8 Å². The number of rotatable bonds is 4. The molecule has 0 spiro atoms. The van der Waals surface area contributed by atoms with Crippen LogP contribution in [-0.4, -0.2) is 30.3 Å². The second-order valence-corrected chi connectivity index (χ2v) is 4.41. The second-order valence-electron chi connectivity index (χ2n) is 4.41. The van der Waals surface area contributed by atoms with Crippen molar-refractivity contribution in [1.82, 2.24) is 0 Å². The summed E-state index contributed by atoms with van der Waals surface area (Å²) in [6.07, 6.45) is 0. The molecule has 0 atom stereocenters. The minimum atomic E-state index is -0.863. The predicted octanol–water partition coefficient (Wildman–Crippen LogP) is 1.97. The maximum absolute atomic E-state index is 11.6. The zero-order chi connectivity index (χ0) is 13.6. The van der Waals surface area contributed by atoms with Crippen molar-refractivity contribution < 1.29 is 24.2 Å². The minimum absolute atomic E-state index is 0.124. The summed E-state index contributed by atoms with van der Waals surface area (Å²) in [4.78, 5) is 23.2. The fraction of sp³-hybridized carbons (Fsp3) is 0.667. The van der Waals surface area contributed by atoms with Crippen molar-refractivity contribution in [3.05, 3.63) is 11.3 Å². The number of allylic oxidation sites excluding steroid dienone is 1. The van der Waals surface area contributed by atoms with Crippen molar-refractivity contribution >= 4 is 11.9 Å². The first-order valence-corrected chi connectivity index (χ1v) is 5.53. The van der Waals surface area contributed by atoms with Crippen LogP contribution in [0.1, 0.15) is 34.6 Å². The molecule has 0 aromatic heterocycles. The molecule has 98 valence electrons. The molecule has 0 aliphatic heterocycles. The molecular weight excluding hydrogens is 224 g/mol. The van der Waals surface area contributed by atoms with E-state index in [1.165, 1.54) is 0 Å². The van der Waals surface area contributed by atoms with E-state index in [1.807, 2.05) is 0 Å². The highest BCUT2D eigenvalue weighted by Crippen LogP contribution is 2.26. The van der Waals surface area contributed by atoms with E-state index >= 15 is 0 Å². The molecule has 5 heteroatoms. The summed E-state index contributed by atoms with van der Waals surface area (Å²) < 4.78 is 9.46. The number of hydrogen-bond donors (Lipinski definition) is 1. The Morgan fingerprint density at radius 3 is 1.59 bits per heavy atom. The lowest BCUT2D eigenvalue weighted by Gasteiger charge is -2.20. The third-order valence-electron chi connectivity index (χ3n) is 1.91. The SMILES string of the molecule is CCOC(=O)C(C(=O)OCC)=C(O)C(C)(C)C. The van der Waals surface area contributed by atoms with Crippen molar-refractivity contribution in [2.45, 2.75) is 34.6 Å². The molecule has 0 saturated carbocycles. The van der Waals surface area contributed by atoms with Crippen LogP contribution in [0.15, 0.2) is 11.3 Å². The topological polar surface area (TPSA) is 72.8 Å². The standard InChI is InChI=1S/C12H20O5/c1-6-16-10(14)8(11(15)17-7-2)9(13)12(3,4)5/h13H,6-7H2,1-5H3. The summed E-state index contributed by atoms with van der Waals surface area (Å²) in [6, 6.07) is 0. The Kier molecular flexibility index (Phi) is 5.71. The van der Waals surface area contributed by atoms with Crippen LogP contribution >= 0.6 is 0 Å². The van der Waals surface area contributed by atoms with Crippen LogP contribution in [0.5, 0.6) is 0 Å². The fourth-order valence-corrected chi connectivity index (χ4v) is 1.06. The summed E-state index contributed by atoms with van der Waals surface area (Å²) in [5.74, 6) is -2.05. The van der Waals surface area contributed by atoms with E-state index in [0.29, 0.717) is 0 Å². The Labute approximate surface area is 101 Å². The van der Waals surface area contributed by atoms with Crippen LogP contribution in [0.2, 0.25) is 0 Å². The average molecular weight is 244 g/mol. The summed E-state index contributed by atoms with van der Waals surface area (Å²) in [7, 11) is 0. The zero-order valence-electron chi connectivity index (χ0n) is 11.0. The molecule has 1 N–H and O–H groups in total. The normalized spacial score (nSPS) is 10.6. The summed E-state index contributed by atoms with van der Waals surface area (Å²) in [6.45, 7) is 8.53.